The third-order valence-corrected chi connectivity index (χ3v) is 2.47. The molecule has 70 valence electrons. The fraction of sp³-hybridized carbons (Fsp3) is 0.800. The van der Waals surface area contributed by atoms with Crippen LogP contribution in [0.15, 0.2) is 0 Å². The van der Waals surface area contributed by atoms with Gasteiger partial charge in [0.05, 0.1) is 6.54 Å². The molecule has 2 N–H and O–H groups in total. The second-order valence-corrected chi connectivity index (χ2v) is 3.22. The first-order valence-electron chi connectivity index (χ1n) is 4.54. The highest BCUT2D eigenvalue weighted by molar-refractivity contribution is 4.90. The molecule has 0 saturated carbocycles. The van der Waals surface area contributed by atoms with E-state index in [0.29, 0.717) is 12.0 Å². The van der Waals surface area contributed by atoms with Gasteiger partial charge in [0.2, 0.25) is 0 Å². The van der Waals surface area contributed by atoms with E-state index >= 15 is 0 Å². The zero-order chi connectivity index (χ0) is 9.56. The Morgan fingerprint density at radius 2 is 2.08 bits per heavy atom. The van der Waals surface area contributed by atoms with Crippen molar-refractivity contribution in [1.29, 1.82) is 0 Å². The van der Waals surface area contributed by atoms with E-state index in [-0.39, 0.29) is 0 Å². The van der Waals surface area contributed by atoms with E-state index in [1.54, 1.807) is 0 Å². The Balaban J connectivity index is 4.02. The van der Waals surface area contributed by atoms with E-state index in [1.807, 2.05) is 0 Å². The van der Waals surface area contributed by atoms with Crippen molar-refractivity contribution in [2.45, 2.75) is 26.8 Å². The van der Waals surface area contributed by atoms with Gasteiger partial charge in [-0.05, 0) is 25.9 Å². The molecule has 0 amide bonds. The Morgan fingerprint density at radius 3 is 2.42 bits per heavy atom. The third kappa shape index (κ3) is 3.25. The summed E-state index contributed by atoms with van der Waals surface area (Å²) in [5.41, 5.74) is 5.58. The van der Waals surface area contributed by atoms with Crippen molar-refractivity contribution >= 4 is 0 Å². The SMILES string of the molecule is C#CCN(CC)C(C)C(C)CN. The van der Waals surface area contributed by atoms with Gasteiger partial charge in [-0.15, -0.1) is 6.42 Å². The first-order valence-corrected chi connectivity index (χ1v) is 4.54. The predicted octanol–water partition coefficient (Wildman–Crippen LogP) is 0.925. The molecule has 2 nitrogen and oxygen atoms in total. The summed E-state index contributed by atoms with van der Waals surface area (Å²) in [5.74, 6) is 3.18. The molecular weight excluding hydrogens is 148 g/mol. The maximum atomic E-state index is 5.58. The summed E-state index contributed by atoms with van der Waals surface area (Å²) >= 11 is 0. The van der Waals surface area contributed by atoms with Crippen LogP contribution in [0.25, 0.3) is 0 Å². The summed E-state index contributed by atoms with van der Waals surface area (Å²) in [6, 6.07) is 0.482. The smallest absolute Gasteiger partial charge is 0.0601 e. The standard InChI is InChI=1S/C10H20N2/c1-5-7-12(6-2)10(4)9(3)8-11/h1,9-10H,6-8,11H2,2-4H3. The summed E-state index contributed by atoms with van der Waals surface area (Å²) in [7, 11) is 0. The van der Waals surface area contributed by atoms with Crippen LogP contribution in [0.5, 0.6) is 0 Å². The Hall–Kier alpha value is -0.520. The maximum Gasteiger partial charge on any atom is 0.0601 e. The van der Waals surface area contributed by atoms with Crippen molar-refractivity contribution in [3.63, 3.8) is 0 Å². The number of terminal acetylenes is 1. The minimum atomic E-state index is 0.482. The second kappa shape index (κ2) is 6.05. The molecule has 0 rings (SSSR count). The zero-order valence-corrected chi connectivity index (χ0v) is 8.38. The van der Waals surface area contributed by atoms with E-state index < -0.39 is 0 Å². The molecule has 0 aliphatic carbocycles. The number of nitrogens with zero attached hydrogens (tertiary/aromatic N) is 1. The normalized spacial score (nSPS) is 15.7. The summed E-state index contributed by atoms with van der Waals surface area (Å²) in [6.45, 7) is 8.90. The minimum Gasteiger partial charge on any atom is -0.330 e. The van der Waals surface area contributed by atoms with Crippen LogP contribution in [0.3, 0.4) is 0 Å². The molecule has 2 atom stereocenters. The van der Waals surface area contributed by atoms with Gasteiger partial charge in [0.25, 0.3) is 0 Å². The van der Waals surface area contributed by atoms with Gasteiger partial charge >= 0.3 is 0 Å². The van der Waals surface area contributed by atoms with Crippen molar-refractivity contribution in [3.8, 4) is 12.3 Å². The molecule has 0 fully saturated rings. The van der Waals surface area contributed by atoms with Crippen LogP contribution in [0.1, 0.15) is 20.8 Å². The molecule has 0 aromatic rings. The van der Waals surface area contributed by atoms with Gasteiger partial charge < -0.3 is 5.73 Å². The first-order chi connectivity index (χ1) is 5.67. The summed E-state index contributed by atoms with van der Waals surface area (Å²) in [6.07, 6.45) is 5.26. The summed E-state index contributed by atoms with van der Waals surface area (Å²) in [4.78, 5) is 2.26. The molecule has 0 radical (unpaired) electrons. The third-order valence-electron chi connectivity index (χ3n) is 2.47. The topological polar surface area (TPSA) is 29.3 Å². The van der Waals surface area contributed by atoms with Gasteiger partial charge in [0, 0.05) is 6.04 Å². The second-order valence-electron chi connectivity index (χ2n) is 3.22. The Labute approximate surface area is 76.1 Å². The molecule has 0 aromatic carbocycles. The van der Waals surface area contributed by atoms with E-state index in [1.165, 1.54) is 0 Å². The Kier molecular flexibility index (Phi) is 5.79. The van der Waals surface area contributed by atoms with Gasteiger partial charge in [-0.2, -0.15) is 0 Å². The molecule has 0 aromatic heterocycles. The number of hydrogen-bond acceptors (Lipinski definition) is 2. The van der Waals surface area contributed by atoms with E-state index in [2.05, 4.69) is 31.6 Å². The molecule has 0 spiro atoms. The maximum absolute atomic E-state index is 5.58. The summed E-state index contributed by atoms with van der Waals surface area (Å²) < 4.78 is 0. The van der Waals surface area contributed by atoms with Gasteiger partial charge in [-0.25, -0.2) is 0 Å². The largest absolute Gasteiger partial charge is 0.330 e. The lowest BCUT2D eigenvalue weighted by Crippen LogP contribution is -2.40. The Bertz CT molecular complexity index is 148. The van der Waals surface area contributed by atoms with Gasteiger partial charge in [-0.3, -0.25) is 4.90 Å². The van der Waals surface area contributed by atoms with E-state index in [9.17, 15) is 0 Å². The van der Waals surface area contributed by atoms with Crippen LogP contribution in [0.2, 0.25) is 0 Å². The van der Waals surface area contributed by atoms with Crippen molar-refractivity contribution in [3.05, 3.63) is 0 Å². The van der Waals surface area contributed by atoms with Crippen molar-refractivity contribution in [2.75, 3.05) is 19.6 Å². The van der Waals surface area contributed by atoms with E-state index in [4.69, 9.17) is 12.2 Å². The van der Waals surface area contributed by atoms with Gasteiger partial charge in [0.1, 0.15) is 0 Å². The molecule has 0 aliphatic heterocycles. The molecule has 0 bridgehead atoms. The van der Waals surface area contributed by atoms with Crippen LogP contribution >= 0.6 is 0 Å². The fourth-order valence-corrected chi connectivity index (χ4v) is 1.22. The van der Waals surface area contributed by atoms with Crippen molar-refractivity contribution in [2.24, 2.45) is 11.7 Å². The first kappa shape index (κ1) is 11.5. The molecule has 0 saturated heterocycles. The molecule has 0 aliphatic rings. The van der Waals surface area contributed by atoms with Crippen molar-refractivity contribution < 1.29 is 0 Å². The van der Waals surface area contributed by atoms with Crippen LogP contribution < -0.4 is 5.73 Å². The van der Waals surface area contributed by atoms with Gasteiger partial charge in [-0.1, -0.05) is 19.8 Å². The lowest BCUT2D eigenvalue weighted by atomic mass is 10.0. The van der Waals surface area contributed by atoms with Crippen molar-refractivity contribution in [1.82, 2.24) is 4.90 Å². The molecule has 2 unspecified atom stereocenters. The highest BCUT2D eigenvalue weighted by Crippen LogP contribution is 2.08. The van der Waals surface area contributed by atoms with Crippen LogP contribution in [0.4, 0.5) is 0 Å². The average Bonchev–Trinajstić information content (AvgIpc) is 2.11. The number of nitrogens with two attached hydrogens (primary N) is 1. The summed E-state index contributed by atoms with van der Waals surface area (Å²) in [5, 5.41) is 0. The molecule has 0 heterocycles. The van der Waals surface area contributed by atoms with Crippen LogP contribution in [0, 0.1) is 18.3 Å². The molecule has 2 heteroatoms. The lowest BCUT2D eigenvalue weighted by Gasteiger charge is -2.29. The lowest BCUT2D eigenvalue weighted by molar-refractivity contribution is 0.193. The predicted molar refractivity (Wildman–Crippen MR) is 53.8 cm³/mol. The molecular formula is C10H20N2. The zero-order valence-electron chi connectivity index (χ0n) is 8.38. The minimum absolute atomic E-state index is 0.482. The average molecular weight is 168 g/mol. The molecule has 12 heavy (non-hydrogen) atoms. The highest BCUT2D eigenvalue weighted by atomic mass is 15.1. The van der Waals surface area contributed by atoms with Crippen LogP contribution in [-0.2, 0) is 0 Å². The quantitative estimate of drug-likeness (QED) is 0.619. The fourth-order valence-electron chi connectivity index (χ4n) is 1.22. The van der Waals surface area contributed by atoms with Gasteiger partial charge in [0.15, 0.2) is 0 Å². The van der Waals surface area contributed by atoms with Crippen LogP contribution in [-0.4, -0.2) is 30.6 Å². The number of rotatable bonds is 5. The van der Waals surface area contributed by atoms with E-state index in [0.717, 1.165) is 19.6 Å². The highest BCUT2D eigenvalue weighted by Gasteiger charge is 2.16. The monoisotopic (exact) mass is 168 g/mol. The number of hydrogen-bond donors (Lipinski definition) is 1. The Morgan fingerprint density at radius 1 is 1.50 bits per heavy atom.